The Morgan fingerprint density at radius 3 is 2.57 bits per heavy atom. The second-order valence-electron chi connectivity index (χ2n) is 2.56. The van der Waals surface area contributed by atoms with Crippen molar-refractivity contribution in [2.45, 2.75) is 16.9 Å². The number of carbonyl (C=O) groups excluding carboxylic acids is 1. The van der Waals surface area contributed by atoms with E-state index in [1.165, 1.54) is 11.8 Å². The van der Waals surface area contributed by atoms with E-state index in [2.05, 4.69) is 31.2 Å². The molecule has 0 aliphatic heterocycles. The van der Waals surface area contributed by atoms with Crippen molar-refractivity contribution in [2.75, 3.05) is 11.6 Å². The second-order valence-corrected chi connectivity index (χ2v) is 4.71. The Morgan fingerprint density at radius 1 is 1.57 bits per heavy atom. The molecule has 0 aliphatic rings. The number of anilines is 1. The highest BCUT2D eigenvalue weighted by molar-refractivity contribution is 9.10. The first-order chi connectivity index (χ1) is 6.63. The summed E-state index contributed by atoms with van der Waals surface area (Å²) in [5, 5.41) is 3.36. The quantitative estimate of drug-likeness (QED) is 0.520. The van der Waals surface area contributed by atoms with Gasteiger partial charge < -0.3 is 5.32 Å². The number of rotatable bonds is 3. The first-order valence-corrected chi connectivity index (χ1v) is 6.08. The maximum Gasteiger partial charge on any atom is 0.237 e. The van der Waals surface area contributed by atoms with Crippen LogP contribution in [0.1, 0.15) is 6.92 Å². The Morgan fingerprint density at radius 2 is 2.14 bits per heavy atom. The maximum atomic E-state index is 11.2. The first kappa shape index (κ1) is 11.5. The van der Waals surface area contributed by atoms with E-state index in [1.54, 1.807) is 19.3 Å². The van der Waals surface area contributed by atoms with Crippen LogP contribution in [0.25, 0.3) is 0 Å². The average Bonchev–Trinajstić information content (AvgIpc) is 2.19. The number of hydrogen-bond donors (Lipinski definition) is 1. The van der Waals surface area contributed by atoms with Crippen molar-refractivity contribution >= 4 is 39.3 Å². The lowest BCUT2D eigenvalue weighted by atomic mass is 10.4. The molecule has 1 N–H and O–H groups in total. The van der Waals surface area contributed by atoms with Crippen LogP contribution in [0.5, 0.6) is 0 Å². The fraction of sp³-hybridized carbons (Fsp3) is 0.375. The number of halogens is 1. The molecule has 76 valence electrons. The third kappa shape index (κ3) is 3.26. The van der Waals surface area contributed by atoms with Gasteiger partial charge in [-0.2, -0.15) is 0 Å². The van der Waals surface area contributed by atoms with Gasteiger partial charge in [0.2, 0.25) is 5.91 Å². The largest absolute Gasteiger partial charge is 0.322 e. The van der Waals surface area contributed by atoms with Gasteiger partial charge in [0.1, 0.15) is 0 Å². The predicted octanol–water partition coefficient (Wildman–Crippen LogP) is 1.92. The first-order valence-electron chi connectivity index (χ1n) is 3.94. The van der Waals surface area contributed by atoms with Crippen LogP contribution in [-0.2, 0) is 4.79 Å². The SMILES string of the molecule is CSc1ncc(NC(=O)[C@H](C)Br)cn1. The van der Waals surface area contributed by atoms with Gasteiger partial charge in [-0.15, -0.1) is 0 Å². The van der Waals surface area contributed by atoms with E-state index in [4.69, 9.17) is 0 Å². The summed E-state index contributed by atoms with van der Waals surface area (Å²) in [5.74, 6) is -0.106. The molecule has 1 rings (SSSR count). The van der Waals surface area contributed by atoms with Crippen molar-refractivity contribution in [1.29, 1.82) is 0 Å². The lowest BCUT2D eigenvalue weighted by molar-refractivity contribution is -0.115. The molecule has 0 saturated carbocycles. The monoisotopic (exact) mass is 275 g/mol. The van der Waals surface area contributed by atoms with Gasteiger partial charge in [0, 0.05) is 0 Å². The van der Waals surface area contributed by atoms with Crippen molar-refractivity contribution < 1.29 is 4.79 Å². The number of hydrogen-bond acceptors (Lipinski definition) is 4. The van der Waals surface area contributed by atoms with Crippen LogP contribution in [0.4, 0.5) is 5.69 Å². The lowest BCUT2D eigenvalue weighted by Crippen LogP contribution is -2.20. The molecule has 0 bridgehead atoms. The molecule has 0 spiro atoms. The molecular weight excluding hydrogens is 266 g/mol. The predicted molar refractivity (Wildman–Crippen MR) is 60.8 cm³/mol. The summed E-state index contributed by atoms with van der Waals surface area (Å²) < 4.78 is 0. The minimum atomic E-state index is -0.220. The van der Waals surface area contributed by atoms with Gasteiger partial charge in [0.05, 0.1) is 22.9 Å². The van der Waals surface area contributed by atoms with E-state index in [-0.39, 0.29) is 10.7 Å². The third-order valence-corrected chi connectivity index (χ3v) is 2.43. The molecule has 0 aliphatic carbocycles. The van der Waals surface area contributed by atoms with Crippen LogP contribution in [-0.4, -0.2) is 27.0 Å². The van der Waals surface area contributed by atoms with E-state index in [1.807, 2.05) is 6.26 Å². The number of amides is 1. The Bertz CT molecular complexity index is 315. The van der Waals surface area contributed by atoms with Gasteiger partial charge >= 0.3 is 0 Å². The summed E-state index contributed by atoms with van der Waals surface area (Å²) in [5.41, 5.74) is 0.610. The molecule has 0 saturated heterocycles. The number of carbonyl (C=O) groups is 1. The molecule has 6 heteroatoms. The molecule has 0 radical (unpaired) electrons. The number of nitrogens with zero attached hydrogens (tertiary/aromatic N) is 2. The van der Waals surface area contributed by atoms with E-state index < -0.39 is 0 Å². The standard InChI is InChI=1S/C8H10BrN3OS/c1-5(9)7(13)12-6-3-10-8(14-2)11-4-6/h3-5H,1-2H3,(H,12,13)/t5-/m0/s1. The normalized spacial score (nSPS) is 12.2. The van der Waals surface area contributed by atoms with Crippen LogP contribution in [0.3, 0.4) is 0 Å². The highest BCUT2D eigenvalue weighted by Crippen LogP contribution is 2.11. The molecule has 0 fully saturated rings. The van der Waals surface area contributed by atoms with Gasteiger partial charge in [-0.05, 0) is 13.2 Å². The van der Waals surface area contributed by atoms with Crippen molar-refractivity contribution in [1.82, 2.24) is 9.97 Å². The zero-order chi connectivity index (χ0) is 10.6. The number of alkyl halides is 1. The molecule has 1 atom stereocenters. The van der Waals surface area contributed by atoms with Crippen molar-refractivity contribution in [3.05, 3.63) is 12.4 Å². The number of nitrogens with one attached hydrogen (secondary N) is 1. The summed E-state index contributed by atoms with van der Waals surface area (Å²) in [6.45, 7) is 1.76. The Balaban J connectivity index is 2.64. The summed E-state index contributed by atoms with van der Waals surface area (Å²) in [4.78, 5) is 19.1. The van der Waals surface area contributed by atoms with Gasteiger partial charge in [0.15, 0.2) is 5.16 Å². The maximum absolute atomic E-state index is 11.2. The molecular formula is C8H10BrN3OS. The molecule has 1 heterocycles. The van der Waals surface area contributed by atoms with Gasteiger partial charge in [-0.3, -0.25) is 4.79 Å². The smallest absolute Gasteiger partial charge is 0.237 e. The van der Waals surface area contributed by atoms with Crippen molar-refractivity contribution in [3.8, 4) is 0 Å². The summed E-state index contributed by atoms with van der Waals surface area (Å²) in [6.07, 6.45) is 5.08. The number of thioether (sulfide) groups is 1. The Labute approximate surface area is 95.0 Å². The van der Waals surface area contributed by atoms with E-state index in [0.717, 1.165) is 0 Å². The van der Waals surface area contributed by atoms with Crippen molar-refractivity contribution in [2.24, 2.45) is 0 Å². The molecule has 0 unspecified atom stereocenters. The summed E-state index contributed by atoms with van der Waals surface area (Å²) in [7, 11) is 0. The zero-order valence-electron chi connectivity index (χ0n) is 7.82. The van der Waals surface area contributed by atoms with Crippen LogP contribution in [0.15, 0.2) is 17.6 Å². The Hall–Kier alpha value is -0.620. The third-order valence-electron chi connectivity index (χ3n) is 1.44. The fourth-order valence-electron chi connectivity index (χ4n) is 0.728. The van der Waals surface area contributed by atoms with E-state index in [9.17, 15) is 4.79 Å². The van der Waals surface area contributed by atoms with Gasteiger partial charge in [-0.1, -0.05) is 27.7 Å². The molecule has 1 amide bonds. The fourth-order valence-corrected chi connectivity index (χ4v) is 1.16. The minimum Gasteiger partial charge on any atom is -0.322 e. The van der Waals surface area contributed by atoms with Crippen LogP contribution in [0, 0.1) is 0 Å². The molecule has 0 aromatic carbocycles. The highest BCUT2D eigenvalue weighted by atomic mass is 79.9. The van der Waals surface area contributed by atoms with E-state index in [0.29, 0.717) is 10.8 Å². The summed E-state index contributed by atoms with van der Waals surface area (Å²) >= 11 is 4.63. The lowest BCUT2D eigenvalue weighted by Gasteiger charge is -2.05. The highest BCUT2D eigenvalue weighted by Gasteiger charge is 2.08. The van der Waals surface area contributed by atoms with Crippen molar-refractivity contribution in [3.63, 3.8) is 0 Å². The molecule has 4 nitrogen and oxygen atoms in total. The summed E-state index contributed by atoms with van der Waals surface area (Å²) in [6, 6.07) is 0. The van der Waals surface area contributed by atoms with Crippen LogP contribution >= 0.6 is 27.7 Å². The van der Waals surface area contributed by atoms with Crippen LogP contribution in [0.2, 0.25) is 0 Å². The molecule has 1 aromatic heterocycles. The molecule has 14 heavy (non-hydrogen) atoms. The van der Waals surface area contributed by atoms with Gasteiger partial charge in [0.25, 0.3) is 0 Å². The molecule has 1 aromatic rings. The Kier molecular flexibility index (Phi) is 4.34. The van der Waals surface area contributed by atoms with Gasteiger partial charge in [-0.25, -0.2) is 9.97 Å². The van der Waals surface area contributed by atoms with E-state index >= 15 is 0 Å². The topological polar surface area (TPSA) is 54.9 Å². The minimum absolute atomic E-state index is 0.106. The van der Waals surface area contributed by atoms with Crippen LogP contribution < -0.4 is 5.32 Å². The zero-order valence-corrected chi connectivity index (χ0v) is 10.2. The average molecular weight is 276 g/mol. The number of aromatic nitrogens is 2. The second kappa shape index (κ2) is 5.31.